The predicted molar refractivity (Wildman–Crippen MR) is 90.5 cm³/mol. The summed E-state index contributed by atoms with van der Waals surface area (Å²) >= 11 is 0. The molecule has 2 aromatic rings. The molecule has 0 aliphatic heterocycles. The Morgan fingerprint density at radius 1 is 1.17 bits per heavy atom. The van der Waals surface area contributed by atoms with E-state index in [0.29, 0.717) is 12.0 Å². The zero-order chi connectivity index (χ0) is 15.8. The van der Waals surface area contributed by atoms with Gasteiger partial charge in [0, 0.05) is 17.7 Å². The van der Waals surface area contributed by atoms with Crippen LogP contribution in [-0.4, -0.2) is 21.2 Å². The van der Waals surface area contributed by atoms with Gasteiger partial charge in [0.05, 0.1) is 12.1 Å². The van der Waals surface area contributed by atoms with Crippen molar-refractivity contribution in [3.05, 3.63) is 53.0 Å². The topological polar surface area (TPSA) is 58.0 Å². The van der Waals surface area contributed by atoms with Crippen LogP contribution in [0.2, 0.25) is 0 Å². The lowest BCUT2D eigenvalue weighted by molar-refractivity contribution is 0.0731. The summed E-state index contributed by atoms with van der Waals surface area (Å²) < 4.78 is 0. The van der Waals surface area contributed by atoms with E-state index in [1.54, 1.807) is 0 Å². The molecule has 1 aromatic heterocycles. The molecule has 1 aromatic carbocycles. The molecule has 2 N–H and O–H groups in total. The number of aliphatic hydroxyl groups excluding tert-OH is 1. The predicted octanol–water partition coefficient (Wildman–Crippen LogP) is 3.51. The molecule has 0 saturated heterocycles. The Balaban J connectivity index is 1.57. The Bertz CT molecular complexity index is 710. The highest BCUT2D eigenvalue weighted by Gasteiger charge is 2.30. The molecule has 0 bridgehead atoms. The highest BCUT2D eigenvalue weighted by Crippen LogP contribution is 2.37. The van der Waals surface area contributed by atoms with Crippen LogP contribution >= 0.6 is 0 Å². The summed E-state index contributed by atoms with van der Waals surface area (Å²) in [7, 11) is 0. The van der Waals surface area contributed by atoms with E-state index in [1.165, 1.54) is 24.0 Å². The standard InChI is InChI=1S/C19H23N3O/c1-12-20-18(14-9-15(23)10-14)11-19(21-12)22-17-8-4-6-13-5-2-3-7-16(13)17/h2-3,5,7,11,14-15,17,23H,4,6,8-10H2,1H3,(H,20,21,22)/t14?,15?,17-/m0/s1. The summed E-state index contributed by atoms with van der Waals surface area (Å²) in [6, 6.07) is 11.1. The molecule has 4 heteroatoms. The molecule has 2 aliphatic carbocycles. The molecule has 0 unspecified atom stereocenters. The second kappa shape index (κ2) is 5.93. The van der Waals surface area contributed by atoms with Crippen LogP contribution in [-0.2, 0) is 6.42 Å². The monoisotopic (exact) mass is 309 g/mol. The Hall–Kier alpha value is -1.94. The van der Waals surface area contributed by atoms with Gasteiger partial charge in [0.15, 0.2) is 0 Å². The molecule has 0 radical (unpaired) electrons. The first-order valence-electron chi connectivity index (χ1n) is 8.57. The maximum Gasteiger partial charge on any atom is 0.130 e. The Kier molecular flexibility index (Phi) is 3.77. The van der Waals surface area contributed by atoms with E-state index >= 15 is 0 Å². The summed E-state index contributed by atoms with van der Waals surface area (Å²) in [4.78, 5) is 9.14. The molecule has 0 amide bonds. The third kappa shape index (κ3) is 2.95. The maximum absolute atomic E-state index is 9.53. The van der Waals surface area contributed by atoms with E-state index in [0.717, 1.165) is 36.6 Å². The van der Waals surface area contributed by atoms with Crippen molar-refractivity contribution in [2.75, 3.05) is 5.32 Å². The molecule has 0 spiro atoms. The molecule has 1 heterocycles. The van der Waals surface area contributed by atoms with Crippen molar-refractivity contribution in [1.29, 1.82) is 0 Å². The lowest BCUT2D eigenvalue weighted by Crippen LogP contribution is -2.27. The Labute approximate surface area is 137 Å². The normalized spacial score (nSPS) is 26.3. The fourth-order valence-electron chi connectivity index (χ4n) is 3.79. The van der Waals surface area contributed by atoms with Crippen LogP contribution in [0, 0.1) is 6.92 Å². The number of hydrogen-bond donors (Lipinski definition) is 2. The fraction of sp³-hybridized carbons (Fsp3) is 0.474. The minimum Gasteiger partial charge on any atom is -0.393 e. The highest BCUT2D eigenvalue weighted by atomic mass is 16.3. The van der Waals surface area contributed by atoms with Crippen molar-refractivity contribution in [3.8, 4) is 0 Å². The molecule has 1 saturated carbocycles. The van der Waals surface area contributed by atoms with E-state index in [4.69, 9.17) is 0 Å². The minimum atomic E-state index is -0.156. The average molecular weight is 309 g/mol. The number of nitrogens with zero attached hydrogens (tertiary/aromatic N) is 2. The summed E-state index contributed by atoms with van der Waals surface area (Å²) in [6.07, 6.45) is 5.00. The molecular formula is C19H23N3O. The zero-order valence-corrected chi connectivity index (χ0v) is 13.5. The van der Waals surface area contributed by atoms with Gasteiger partial charge in [-0.15, -0.1) is 0 Å². The molecule has 1 fully saturated rings. The van der Waals surface area contributed by atoms with Crippen molar-refractivity contribution in [3.63, 3.8) is 0 Å². The van der Waals surface area contributed by atoms with Crippen molar-refractivity contribution >= 4 is 5.82 Å². The van der Waals surface area contributed by atoms with Crippen LogP contribution in [0.15, 0.2) is 30.3 Å². The SMILES string of the molecule is Cc1nc(N[C@H]2CCCc3ccccc32)cc(C2CC(O)C2)n1. The zero-order valence-electron chi connectivity index (χ0n) is 13.5. The van der Waals surface area contributed by atoms with Gasteiger partial charge in [-0.25, -0.2) is 9.97 Å². The van der Waals surface area contributed by atoms with Gasteiger partial charge in [-0.1, -0.05) is 24.3 Å². The molecule has 4 nitrogen and oxygen atoms in total. The first-order chi connectivity index (χ1) is 11.2. The smallest absolute Gasteiger partial charge is 0.130 e. The Morgan fingerprint density at radius 2 is 2.00 bits per heavy atom. The van der Waals surface area contributed by atoms with Gasteiger partial charge in [-0.3, -0.25) is 0 Å². The van der Waals surface area contributed by atoms with Crippen LogP contribution in [0.5, 0.6) is 0 Å². The van der Waals surface area contributed by atoms with Crippen molar-refractivity contribution in [1.82, 2.24) is 9.97 Å². The summed E-state index contributed by atoms with van der Waals surface area (Å²) in [5, 5.41) is 13.1. The quantitative estimate of drug-likeness (QED) is 0.911. The summed E-state index contributed by atoms with van der Waals surface area (Å²) in [5.41, 5.74) is 3.91. The average Bonchev–Trinajstić information content (AvgIpc) is 2.52. The molecule has 1 atom stereocenters. The van der Waals surface area contributed by atoms with Gasteiger partial charge in [-0.2, -0.15) is 0 Å². The van der Waals surface area contributed by atoms with E-state index in [-0.39, 0.29) is 6.10 Å². The lowest BCUT2D eigenvalue weighted by atomic mass is 9.80. The third-order valence-corrected chi connectivity index (χ3v) is 5.08. The number of rotatable bonds is 3. The van der Waals surface area contributed by atoms with Crippen LogP contribution in [0.1, 0.15) is 60.3 Å². The summed E-state index contributed by atoms with van der Waals surface area (Å²) in [5.74, 6) is 2.09. The number of aliphatic hydroxyl groups is 1. The number of hydrogen-bond acceptors (Lipinski definition) is 4. The van der Waals surface area contributed by atoms with Crippen LogP contribution < -0.4 is 5.32 Å². The number of fused-ring (bicyclic) bond motifs is 1. The van der Waals surface area contributed by atoms with Gasteiger partial charge < -0.3 is 10.4 Å². The summed E-state index contributed by atoms with van der Waals surface area (Å²) in [6.45, 7) is 1.94. The Morgan fingerprint density at radius 3 is 2.83 bits per heavy atom. The largest absolute Gasteiger partial charge is 0.393 e. The number of aryl methyl sites for hydroxylation is 2. The van der Waals surface area contributed by atoms with E-state index < -0.39 is 0 Å². The lowest BCUT2D eigenvalue weighted by Gasteiger charge is -2.31. The van der Waals surface area contributed by atoms with Crippen molar-refractivity contribution < 1.29 is 5.11 Å². The molecular weight excluding hydrogens is 286 g/mol. The van der Waals surface area contributed by atoms with E-state index in [9.17, 15) is 5.11 Å². The van der Waals surface area contributed by atoms with Gasteiger partial charge >= 0.3 is 0 Å². The second-order valence-corrected chi connectivity index (χ2v) is 6.84. The molecule has 120 valence electrons. The van der Waals surface area contributed by atoms with Crippen molar-refractivity contribution in [2.45, 2.75) is 57.1 Å². The van der Waals surface area contributed by atoms with Gasteiger partial charge in [0.25, 0.3) is 0 Å². The van der Waals surface area contributed by atoms with E-state index in [1.807, 2.05) is 6.92 Å². The van der Waals surface area contributed by atoms with Crippen LogP contribution in [0.4, 0.5) is 5.82 Å². The van der Waals surface area contributed by atoms with Gasteiger partial charge in [0.2, 0.25) is 0 Å². The molecule has 4 rings (SSSR count). The van der Waals surface area contributed by atoms with Crippen LogP contribution in [0.3, 0.4) is 0 Å². The number of anilines is 1. The third-order valence-electron chi connectivity index (χ3n) is 5.08. The number of benzene rings is 1. The van der Waals surface area contributed by atoms with Crippen LogP contribution in [0.25, 0.3) is 0 Å². The number of nitrogens with one attached hydrogen (secondary N) is 1. The number of aromatic nitrogens is 2. The molecule has 23 heavy (non-hydrogen) atoms. The maximum atomic E-state index is 9.53. The highest BCUT2D eigenvalue weighted by molar-refractivity contribution is 5.43. The first kappa shape index (κ1) is 14.6. The van der Waals surface area contributed by atoms with E-state index in [2.05, 4.69) is 45.6 Å². The fourth-order valence-corrected chi connectivity index (χ4v) is 3.79. The first-order valence-corrected chi connectivity index (χ1v) is 8.57. The van der Waals surface area contributed by atoms with Crippen molar-refractivity contribution in [2.24, 2.45) is 0 Å². The van der Waals surface area contributed by atoms with Gasteiger partial charge in [0.1, 0.15) is 11.6 Å². The second-order valence-electron chi connectivity index (χ2n) is 6.84. The molecule has 2 aliphatic rings. The minimum absolute atomic E-state index is 0.156. The van der Waals surface area contributed by atoms with Gasteiger partial charge in [-0.05, 0) is 50.2 Å².